The van der Waals surface area contributed by atoms with E-state index in [0.29, 0.717) is 37.1 Å². The van der Waals surface area contributed by atoms with Crippen LogP contribution in [0.4, 0.5) is 8.78 Å². The zero-order valence-electron chi connectivity index (χ0n) is 17.9. The second-order valence-corrected chi connectivity index (χ2v) is 6.71. The Morgan fingerprint density at radius 2 is 1.94 bits per heavy atom. The molecule has 0 aliphatic heterocycles. The number of aromatic nitrogens is 1. The van der Waals surface area contributed by atoms with E-state index in [-0.39, 0.29) is 12.3 Å². The van der Waals surface area contributed by atoms with Gasteiger partial charge in [-0.1, -0.05) is 31.5 Å². The SMILES string of the molecule is CCCCOc1ncccc1CN=C(NCC)NCC(O)c1ccc(OC(F)F)cc1. The number of halogens is 2. The second-order valence-electron chi connectivity index (χ2n) is 6.71. The third-order valence-corrected chi connectivity index (χ3v) is 4.29. The van der Waals surface area contributed by atoms with Crippen LogP contribution in [0.25, 0.3) is 0 Å². The average Bonchev–Trinajstić information content (AvgIpc) is 2.76. The number of nitrogens with zero attached hydrogens (tertiary/aromatic N) is 2. The smallest absolute Gasteiger partial charge is 0.387 e. The fourth-order valence-corrected chi connectivity index (χ4v) is 2.68. The van der Waals surface area contributed by atoms with Crippen molar-refractivity contribution in [3.63, 3.8) is 0 Å². The van der Waals surface area contributed by atoms with Gasteiger partial charge >= 0.3 is 6.61 Å². The Morgan fingerprint density at radius 3 is 2.61 bits per heavy atom. The van der Waals surface area contributed by atoms with E-state index >= 15 is 0 Å². The molecule has 0 radical (unpaired) electrons. The molecule has 1 unspecified atom stereocenters. The van der Waals surface area contributed by atoms with Gasteiger partial charge in [-0.25, -0.2) is 9.98 Å². The van der Waals surface area contributed by atoms with Crippen molar-refractivity contribution in [3.8, 4) is 11.6 Å². The van der Waals surface area contributed by atoms with Crippen LogP contribution in [0, 0.1) is 0 Å². The van der Waals surface area contributed by atoms with E-state index < -0.39 is 12.7 Å². The van der Waals surface area contributed by atoms with Crippen molar-refractivity contribution in [2.75, 3.05) is 19.7 Å². The van der Waals surface area contributed by atoms with Crippen LogP contribution in [-0.2, 0) is 6.54 Å². The van der Waals surface area contributed by atoms with Gasteiger partial charge in [-0.2, -0.15) is 8.78 Å². The van der Waals surface area contributed by atoms with Gasteiger partial charge in [-0.3, -0.25) is 0 Å². The Balaban J connectivity index is 1.95. The van der Waals surface area contributed by atoms with Crippen LogP contribution in [0.1, 0.15) is 43.9 Å². The largest absolute Gasteiger partial charge is 0.477 e. The van der Waals surface area contributed by atoms with E-state index in [1.165, 1.54) is 12.1 Å². The van der Waals surface area contributed by atoms with E-state index in [1.807, 2.05) is 19.1 Å². The van der Waals surface area contributed by atoms with Crippen LogP contribution in [0.15, 0.2) is 47.6 Å². The van der Waals surface area contributed by atoms with Crippen molar-refractivity contribution in [2.45, 2.75) is 45.9 Å². The summed E-state index contributed by atoms with van der Waals surface area (Å²) in [7, 11) is 0. The summed E-state index contributed by atoms with van der Waals surface area (Å²) in [4.78, 5) is 8.83. The van der Waals surface area contributed by atoms with Gasteiger partial charge in [0.05, 0.1) is 19.3 Å². The summed E-state index contributed by atoms with van der Waals surface area (Å²) in [5.74, 6) is 1.14. The first-order chi connectivity index (χ1) is 15.0. The predicted octanol–water partition coefficient (Wildman–Crippen LogP) is 3.65. The lowest BCUT2D eigenvalue weighted by molar-refractivity contribution is -0.0498. The number of rotatable bonds is 12. The molecular weight excluding hydrogens is 406 g/mol. The van der Waals surface area contributed by atoms with Crippen molar-refractivity contribution in [1.82, 2.24) is 15.6 Å². The number of hydrogen-bond acceptors (Lipinski definition) is 5. The summed E-state index contributed by atoms with van der Waals surface area (Å²) in [6.07, 6.45) is 2.83. The maximum Gasteiger partial charge on any atom is 0.387 e. The monoisotopic (exact) mass is 436 g/mol. The molecule has 0 fully saturated rings. The number of pyridine rings is 1. The van der Waals surface area contributed by atoms with Gasteiger partial charge < -0.3 is 25.2 Å². The summed E-state index contributed by atoms with van der Waals surface area (Å²) in [5.41, 5.74) is 1.44. The lowest BCUT2D eigenvalue weighted by Gasteiger charge is -2.16. The molecule has 0 aliphatic rings. The number of guanidine groups is 1. The Morgan fingerprint density at radius 1 is 1.16 bits per heavy atom. The van der Waals surface area contributed by atoms with Gasteiger partial charge in [0.15, 0.2) is 5.96 Å². The third kappa shape index (κ3) is 8.75. The summed E-state index contributed by atoms with van der Waals surface area (Å²) in [5, 5.41) is 16.6. The van der Waals surface area contributed by atoms with Crippen LogP contribution in [0.5, 0.6) is 11.6 Å². The minimum Gasteiger partial charge on any atom is -0.477 e. The fraction of sp³-hybridized carbons (Fsp3) is 0.455. The highest BCUT2D eigenvalue weighted by Gasteiger charge is 2.11. The first-order valence-electron chi connectivity index (χ1n) is 10.3. The lowest BCUT2D eigenvalue weighted by atomic mass is 10.1. The highest BCUT2D eigenvalue weighted by atomic mass is 19.3. The van der Waals surface area contributed by atoms with Gasteiger partial charge in [0, 0.05) is 24.8 Å². The summed E-state index contributed by atoms with van der Waals surface area (Å²) in [6, 6.07) is 9.63. The number of aliphatic hydroxyl groups is 1. The third-order valence-electron chi connectivity index (χ3n) is 4.29. The maximum atomic E-state index is 12.2. The van der Waals surface area contributed by atoms with Crippen LogP contribution >= 0.6 is 0 Å². The van der Waals surface area contributed by atoms with Crippen molar-refractivity contribution in [3.05, 3.63) is 53.7 Å². The van der Waals surface area contributed by atoms with Crippen molar-refractivity contribution < 1.29 is 23.4 Å². The minimum atomic E-state index is -2.88. The fourth-order valence-electron chi connectivity index (χ4n) is 2.68. The molecule has 2 rings (SSSR count). The zero-order chi connectivity index (χ0) is 22.5. The summed E-state index contributed by atoms with van der Waals surface area (Å²) < 4.78 is 34.6. The number of aliphatic imine (C=N–C) groups is 1. The summed E-state index contributed by atoms with van der Waals surface area (Å²) >= 11 is 0. The molecule has 0 saturated carbocycles. The molecule has 0 spiro atoms. The second kappa shape index (κ2) is 13.4. The molecule has 1 atom stereocenters. The average molecular weight is 437 g/mol. The van der Waals surface area contributed by atoms with Crippen LogP contribution in [0.3, 0.4) is 0 Å². The molecular formula is C22H30F2N4O3. The standard InChI is InChI=1S/C22H30F2N4O3/c1-3-5-13-30-20-17(7-6-12-26-20)14-27-22(25-4-2)28-15-19(29)16-8-10-18(11-9-16)31-21(23)24/h6-12,19,21,29H,3-5,13-15H2,1-2H3,(H2,25,27,28). The van der Waals surface area contributed by atoms with Gasteiger partial charge in [0.1, 0.15) is 5.75 Å². The number of unbranched alkanes of at least 4 members (excludes halogenated alkanes) is 1. The first-order valence-corrected chi connectivity index (χ1v) is 10.3. The van der Waals surface area contributed by atoms with E-state index in [4.69, 9.17) is 4.74 Å². The Labute approximate surface area is 181 Å². The van der Waals surface area contributed by atoms with Crippen LogP contribution in [-0.4, -0.2) is 42.4 Å². The molecule has 0 aliphatic carbocycles. The molecule has 31 heavy (non-hydrogen) atoms. The number of hydrogen-bond donors (Lipinski definition) is 3. The van der Waals surface area contributed by atoms with E-state index in [2.05, 4.69) is 32.3 Å². The van der Waals surface area contributed by atoms with Gasteiger partial charge in [-0.05, 0) is 37.1 Å². The Bertz CT molecular complexity index is 804. The minimum absolute atomic E-state index is 0.0437. The zero-order valence-corrected chi connectivity index (χ0v) is 17.9. The molecule has 7 nitrogen and oxygen atoms in total. The number of aliphatic hydroxyl groups excluding tert-OH is 1. The number of alkyl halides is 2. The normalized spacial score (nSPS) is 12.5. The topological polar surface area (TPSA) is 88.0 Å². The van der Waals surface area contributed by atoms with E-state index in [0.717, 1.165) is 18.4 Å². The number of nitrogens with one attached hydrogen (secondary N) is 2. The lowest BCUT2D eigenvalue weighted by Crippen LogP contribution is -2.39. The predicted molar refractivity (Wildman–Crippen MR) is 115 cm³/mol. The molecule has 0 saturated heterocycles. The number of ether oxygens (including phenoxy) is 2. The van der Waals surface area contributed by atoms with Crippen molar-refractivity contribution >= 4 is 5.96 Å². The Kier molecular flexibility index (Phi) is 10.5. The Hall–Kier alpha value is -2.94. The van der Waals surface area contributed by atoms with E-state index in [1.54, 1.807) is 18.3 Å². The van der Waals surface area contributed by atoms with Gasteiger partial charge in [0.25, 0.3) is 0 Å². The molecule has 170 valence electrons. The molecule has 2 aromatic rings. The molecule has 3 N–H and O–H groups in total. The van der Waals surface area contributed by atoms with Crippen LogP contribution < -0.4 is 20.1 Å². The summed E-state index contributed by atoms with van der Waals surface area (Å²) in [6.45, 7) is 2.97. The first kappa shape index (κ1) is 24.3. The van der Waals surface area contributed by atoms with Crippen molar-refractivity contribution in [1.29, 1.82) is 0 Å². The van der Waals surface area contributed by atoms with Crippen LogP contribution in [0.2, 0.25) is 0 Å². The van der Waals surface area contributed by atoms with E-state index in [9.17, 15) is 13.9 Å². The molecule has 0 bridgehead atoms. The van der Waals surface area contributed by atoms with Crippen molar-refractivity contribution in [2.24, 2.45) is 4.99 Å². The molecule has 0 amide bonds. The van der Waals surface area contributed by atoms with Gasteiger partial charge in [0.2, 0.25) is 5.88 Å². The van der Waals surface area contributed by atoms with Gasteiger partial charge in [-0.15, -0.1) is 0 Å². The maximum absolute atomic E-state index is 12.2. The highest BCUT2D eigenvalue weighted by Crippen LogP contribution is 2.19. The quantitative estimate of drug-likeness (QED) is 0.267. The molecule has 9 heteroatoms. The molecule has 1 aromatic heterocycles. The molecule has 1 heterocycles. The highest BCUT2D eigenvalue weighted by molar-refractivity contribution is 5.79. The number of benzene rings is 1. The molecule has 1 aromatic carbocycles.